The Hall–Kier alpha value is -1.78. The van der Waals surface area contributed by atoms with Gasteiger partial charge in [-0.25, -0.2) is 4.98 Å². The van der Waals surface area contributed by atoms with E-state index in [1.165, 1.54) is 0 Å². The second-order valence-corrected chi connectivity index (χ2v) is 4.81. The Bertz CT molecular complexity index is 456. The van der Waals surface area contributed by atoms with E-state index in [2.05, 4.69) is 10.3 Å². The molecule has 0 aliphatic carbocycles. The smallest absolute Gasteiger partial charge is 0.245 e. The van der Waals surface area contributed by atoms with Gasteiger partial charge in [0, 0.05) is 13.1 Å². The van der Waals surface area contributed by atoms with Crippen LogP contribution in [-0.2, 0) is 4.79 Å². The zero-order valence-electron chi connectivity index (χ0n) is 10.4. The highest BCUT2D eigenvalue weighted by molar-refractivity contribution is 5.90. The van der Waals surface area contributed by atoms with E-state index in [4.69, 9.17) is 5.73 Å². The van der Waals surface area contributed by atoms with Gasteiger partial charge >= 0.3 is 0 Å². The molecule has 1 saturated heterocycles. The van der Waals surface area contributed by atoms with Crippen molar-refractivity contribution in [3.05, 3.63) is 17.8 Å². The van der Waals surface area contributed by atoms with E-state index in [1.54, 1.807) is 0 Å². The molecule has 0 aromatic carbocycles. The van der Waals surface area contributed by atoms with Crippen molar-refractivity contribution in [1.82, 2.24) is 10.3 Å². The average Bonchev–Trinajstić information content (AvgIpc) is 2.26. The summed E-state index contributed by atoms with van der Waals surface area (Å²) in [7, 11) is 0. The topological polar surface area (TPSA) is 71.2 Å². The number of anilines is 2. The molecule has 17 heavy (non-hydrogen) atoms. The maximum atomic E-state index is 11.8. The van der Waals surface area contributed by atoms with Crippen LogP contribution in [0.2, 0.25) is 0 Å². The van der Waals surface area contributed by atoms with Gasteiger partial charge in [-0.1, -0.05) is 0 Å². The number of piperazine rings is 1. The molecule has 0 radical (unpaired) electrons. The van der Waals surface area contributed by atoms with E-state index < -0.39 is 5.54 Å². The van der Waals surface area contributed by atoms with Gasteiger partial charge < -0.3 is 16.0 Å². The first kappa shape index (κ1) is 11.7. The summed E-state index contributed by atoms with van der Waals surface area (Å²) in [5, 5.41) is 2.86. The molecule has 2 heterocycles. The van der Waals surface area contributed by atoms with Crippen molar-refractivity contribution >= 4 is 17.4 Å². The highest BCUT2D eigenvalue weighted by Crippen LogP contribution is 2.25. The zero-order valence-corrected chi connectivity index (χ0v) is 10.4. The Labute approximate surface area is 101 Å². The number of nitrogens with zero attached hydrogens (tertiary/aromatic N) is 2. The van der Waals surface area contributed by atoms with Crippen molar-refractivity contribution in [2.75, 3.05) is 23.7 Å². The number of hydrogen-bond donors (Lipinski definition) is 2. The number of nitrogens with two attached hydrogens (primary N) is 1. The molecule has 1 aliphatic heterocycles. The van der Waals surface area contributed by atoms with E-state index >= 15 is 0 Å². The van der Waals surface area contributed by atoms with Gasteiger partial charge in [-0.05, 0) is 32.9 Å². The van der Waals surface area contributed by atoms with Gasteiger partial charge in [-0.3, -0.25) is 4.79 Å². The van der Waals surface area contributed by atoms with Crippen molar-refractivity contribution in [2.45, 2.75) is 26.3 Å². The Kier molecular flexibility index (Phi) is 2.69. The zero-order chi connectivity index (χ0) is 12.6. The molecule has 5 nitrogen and oxygen atoms in total. The number of pyridine rings is 1. The third-order valence-electron chi connectivity index (χ3n) is 3.24. The average molecular weight is 234 g/mol. The summed E-state index contributed by atoms with van der Waals surface area (Å²) in [5.41, 5.74) is 6.65. The second kappa shape index (κ2) is 3.91. The Morgan fingerprint density at radius 3 is 2.82 bits per heavy atom. The third kappa shape index (κ3) is 1.92. The number of hydrogen-bond acceptors (Lipinski definition) is 4. The molecule has 2 rings (SSSR count). The first-order valence-electron chi connectivity index (χ1n) is 5.72. The molecule has 0 atom stereocenters. The maximum Gasteiger partial charge on any atom is 0.245 e. The van der Waals surface area contributed by atoms with Crippen molar-refractivity contribution < 1.29 is 4.79 Å². The van der Waals surface area contributed by atoms with E-state index in [0.717, 1.165) is 18.1 Å². The first-order chi connectivity index (χ1) is 7.93. The number of aromatic nitrogens is 1. The van der Waals surface area contributed by atoms with Gasteiger partial charge in [0.2, 0.25) is 5.91 Å². The molecular weight excluding hydrogens is 216 g/mol. The summed E-state index contributed by atoms with van der Waals surface area (Å²) in [6.07, 6.45) is 0. The van der Waals surface area contributed by atoms with Gasteiger partial charge in [0.25, 0.3) is 0 Å². The van der Waals surface area contributed by atoms with Crippen LogP contribution in [0.5, 0.6) is 0 Å². The SMILES string of the molecule is Cc1nc(N2CCNC(=O)C2(C)C)ccc1N. The number of amides is 1. The standard InChI is InChI=1S/C12H18N4O/c1-8-9(13)4-5-10(15-8)16-7-6-14-11(17)12(16,2)3/h4-5H,6-7,13H2,1-3H3,(H,14,17). The predicted molar refractivity (Wildman–Crippen MR) is 67.8 cm³/mol. The molecule has 1 fully saturated rings. The van der Waals surface area contributed by atoms with Crippen LogP contribution in [-0.4, -0.2) is 29.5 Å². The summed E-state index contributed by atoms with van der Waals surface area (Å²) in [4.78, 5) is 18.3. The van der Waals surface area contributed by atoms with Gasteiger partial charge in [-0.15, -0.1) is 0 Å². The van der Waals surface area contributed by atoms with Crippen LogP contribution >= 0.6 is 0 Å². The van der Waals surface area contributed by atoms with Crippen molar-refractivity contribution in [3.63, 3.8) is 0 Å². The van der Waals surface area contributed by atoms with Crippen molar-refractivity contribution in [1.29, 1.82) is 0 Å². The number of aryl methyl sites for hydroxylation is 1. The Morgan fingerprint density at radius 1 is 1.47 bits per heavy atom. The summed E-state index contributed by atoms with van der Waals surface area (Å²) in [5.74, 6) is 0.830. The highest BCUT2D eigenvalue weighted by atomic mass is 16.2. The minimum Gasteiger partial charge on any atom is -0.397 e. The van der Waals surface area contributed by atoms with E-state index in [-0.39, 0.29) is 5.91 Å². The van der Waals surface area contributed by atoms with Crippen molar-refractivity contribution in [3.8, 4) is 0 Å². The molecule has 0 spiro atoms. The minimum absolute atomic E-state index is 0.0278. The fraction of sp³-hybridized carbons (Fsp3) is 0.500. The fourth-order valence-corrected chi connectivity index (χ4v) is 2.01. The fourth-order valence-electron chi connectivity index (χ4n) is 2.01. The van der Waals surface area contributed by atoms with Gasteiger partial charge in [0.1, 0.15) is 11.4 Å². The van der Waals surface area contributed by atoms with Gasteiger partial charge in [0.05, 0.1) is 11.4 Å². The molecule has 1 aromatic rings. The molecule has 0 bridgehead atoms. The summed E-state index contributed by atoms with van der Waals surface area (Å²) in [6.45, 7) is 7.07. The number of rotatable bonds is 1. The summed E-state index contributed by atoms with van der Waals surface area (Å²) < 4.78 is 0. The molecule has 0 saturated carbocycles. The molecule has 5 heteroatoms. The first-order valence-corrected chi connectivity index (χ1v) is 5.72. The Morgan fingerprint density at radius 2 is 2.18 bits per heavy atom. The largest absolute Gasteiger partial charge is 0.397 e. The third-order valence-corrected chi connectivity index (χ3v) is 3.24. The van der Waals surface area contributed by atoms with Crippen LogP contribution in [0.4, 0.5) is 11.5 Å². The van der Waals surface area contributed by atoms with Crippen LogP contribution < -0.4 is 16.0 Å². The van der Waals surface area contributed by atoms with Crippen LogP contribution in [0.25, 0.3) is 0 Å². The second-order valence-electron chi connectivity index (χ2n) is 4.81. The summed E-state index contributed by atoms with van der Waals surface area (Å²) >= 11 is 0. The number of carbonyl (C=O) groups is 1. The molecule has 1 aliphatic rings. The number of nitrogens with one attached hydrogen (secondary N) is 1. The molecule has 3 N–H and O–H groups in total. The summed E-state index contributed by atoms with van der Waals surface area (Å²) in [6, 6.07) is 3.70. The quantitative estimate of drug-likeness (QED) is 0.750. The molecule has 92 valence electrons. The van der Waals surface area contributed by atoms with E-state index in [0.29, 0.717) is 12.2 Å². The molecular formula is C12H18N4O. The lowest BCUT2D eigenvalue weighted by Crippen LogP contribution is -2.62. The lowest BCUT2D eigenvalue weighted by Gasteiger charge is -2.42. The maximum absolute atomic E-state index is 11.8. The van der Waals surface area contributed by atoms with Crippen LogP contribution in [0.3, 0.4) is 0 Å². The number of nitrogen functional groups attached to an aromatic ring is 1. The molecule has 1 amide bonds. The normalized spacial score (nSPS) is 19.0. The highest BCUT2D eigenvalue weighted by Gasteiger charge is 2.38. The minimum atomic E-state index is -0.576. The van der Waals surface area contributed by atoms with Crippen LogP contribution in [0.15, 0.2) is 12.1 Å². The van der Waals surface area contributed by atoms with Crippen LogP contribution in [0, 0.1) is 6.92 Å². The molecule has 0 unspecified atom stereocenters. The van der Waals surface area contributed by atoms with E-state index in [9.17, 15) is 4.79 Å². The monoisotopic (exact) mass is 234 g/mol. The van der Waals surface area contributed by atoms with Gasteiger partial charge in [0.15, 0.2) is 0 Å². The number of carbonyl (C=O) groups excluding carboxylic acids is 1. The Balaban J connectivity index is 2.38. The lowest BCUT2D eigenvalue weighted by molar-refractivity contribution is -0.126. The van der Waals surface area contributed by atoms with Crippen LogP contribution in [0.1, 0.15) is 19.5 Å². The molecule has 1 aromatic heterocycles. The lowest BCUT2D eigenvalue weighted by atomic mass is 9.99. The van der Waals surface area contributed by atoms with E-state index in [1.807, 2.05) is 37.8 Å². The van der Waals surface area contributed by atoms with Gasteiger partial charge in [-0.2, -0.15) is 0 Å². The predicted octanol–water partition coefficient (Wildman–Crippen LogP) is 0.687. The van der Waals surface area contributed by atoms with Crippen molar-refractivity contribution in [2.24, 2.45) is 0 Å².